The average Bonchev–Trinajstić information content (AvgIpc) is 3.37. The molecule has 1 fully saturated rings. The molecule has 6 heteroatoms. The van der Waals surface area contributed by atoms with Crippen LogP contribution >= 0.6 is 0 Å². The van der Waals surface area contributed by atoms with Crippen molar-refractivity contribution in [2.75, 3.05) is 13.2 Å². The molecule has 2 N–H and O–H groups in total. The Balaban J connectivity index is 1.43. The summed E-state index contributed by atoms with van der Waals surface area (Å²) in [5.74, 6) is 2.51. The third-order valence-electron chi connectivity index (χ3n) is 4.84. The van der Waals surface area contributed by atoms with Gasteiger partial charge in [-0.15, -0.1) is 0 Å². The van der Waals surface area contributed by atoms with Crippen molar-refractivity contribution in [2.45, 2.75) is 31.2 Å². The van der Waals surface area contributed by atoms with Crippen molar-refractivity contribution in [1.29, 1.82) is 0 Å². The van der Waals surface area contributed by atoms with E-state index in [1.807, 2.05) is 54.6 Å². The molecule has 1 aliphatic carbocycles. The van der Waals surface area contributed by atoms with Gasteiger partial charge in [-0.25, -0.2) is 0 Å². The minimum atomic E-state index is -0.471. The van der Waals surface area contributed by atoms with Crippen molar-refractivity contribution in [1.82, 2.24) is 10.1 Å². The molecule has 2 aromatic carbocycles. The molecule has 0 radical (unpaired) electrons. The highest BCUT2D eigenvalue weighted by Crippen LogP contribution is 2.36. The molecule has 4 rings (SSSR count). The lowest BCUT2D eigenvalue weighted by Crippen LogP contribution is -2.34. The molecule has 0 spiro atoms. The van der Waals surface area contributed by atoms with E-state index in [9.17, 15) is 0 Å². The summed E-state index contributed by atoms with van der Waals surface area (Å²) >= 11 is 0. The van der Waals surface area contributed by atoms with Crippen LogP contribution in [0.5, 0.6) is 11.5 Å². The first kappa shape index (κ1) is 17.5. The van der Waals surface area contributed by atoms with Gasteiger partial charge >= 0.3 is 0 Å². The van der Waals surface area contributed by atoms with Crippen molar-refractivity contribution in [2.24, 2.45) is 5.73 Å². The first-order valence-electron chi connectivity index (χ1n) is 9.28. The summed E-state index contributed by atoms with van der Waals surface area (Å²) in [5.41, 5.74) is 6.72. The Morgan fingerprint density at radius 3 is 2.44 bits per heavy atom. The molecule has 1 aromatic heterocycles. The molecule has 0 amide bonds. The van der Waals surface area contributed by atoms with Crippen LogP contribution in [0.25, 0.3) is 11.5 Å². The van der Waals surface area contributed by atoms with Crippen LogP contribution in [0.3, 0.4) is 0 Å². The maximum absolute atomic E-state index is 6.43. The highest BCUT2D eigenvalue weighted by atomic mass is 16.5. The summed E-state index contributed by atoms with van der Waals surface area (Å²) in [5, 5.41) is 4.13. The van der Waals surface area contributed by atoms with E-state index in [4.69, 9.17) is 19.7 Å². The molecule has 1 saturated carbocycles. The maximum Gasteiger partial charge on any atom is 0.261 e. The quantitative estimate of drug-likeness (QED) is 0.639. The normalized spacial score (nSPS) is 15.6. The lowest BCUT2D eigenvalue weighted by molar-refractivity contribution is 0.217. The van der Waals surface area contributed by atoms with Crippen LogP contribution in [0.2, 0.25) is 0 Å². The van der Waals surface area contributed by atoms with Crippen molar-refractivity contribution in [3.63, 3.8) is 0 Å². The van der Waals surface area contributed by atoms with Gasteiger partial charge in [0.1, 0.15) is 24.7 Å². The SMILES string of the molecule is NC1(c2noc(-c3ccccc3OCCOc3ccccc3)n2)CCCC1. The lowest BCUT2D eigenvalue weighted by Gasteiger charge is -2.17. The van der Waals surface area contributed by atoms with Crippen molar-refractivity contribution in [3.8, 4) is 23.0 Å². The molecule has 0 aliphatic heterocycles. The van der Waals surface area contributed by atoms with Gasteiger partial charge in [0, 0.05) is 0 Å². The van der Waals surface area contributed by atoms with E-state index in [1.165, 1.54) is 0 Å². The zero-order valence-electron chi connectivity index (χ0n) is 15.1. The summed E-state index contributed by atoms with van der Waals surface area (Å²) < 4.78 is 17.0. The van der Waals surface area contributed by atoms with Gasteiger partial charge in [0.05, 0.1) is 11.1 Å². The van der Waals surface area contributed by atoms with Crippen LogP contribution < -0.4 is 15.2 Å². The Hall–Kier alpha value is -2.86. The van der Waals surface area contributed by atoms with Crippen LogP contribution in [0.1, 0.15) is 31.5 Å². The van der Waals surface area contributed by atoms with Gasteiger partial charge in [0.25, 0.3) is 5.89 Å². The van der Waals surface area contributed by atoms with Gasteiger partial charge in [0.15, 0.2) is 5.82 Å². The molecule has 0 atom stereocenters. The molecule has 6 nitrogen and oxygen atoms in total. The molecule has 140 valence electrons. The van der Waals surface area contributed by atoms with E-state index < -0.39 is 5.54 Å². The first-order chi connectivity index (χ1) is 13.2. The molecular formula is C21H23N3O3. The van der Waals surface area contributed by atoms with Crippen molar-refractivity contribution < 1.29 is 14.0 Å². The number of ether oxygens (including phenoxy) is 2. The first-order valence-corrected chi connectivity index (χ1v) is 9.28. The van der Waals surface area contributed by atoms with E-state index in [-0.39, 0.29) is 0 Å². The fourth-order valence-corrected chi connectivity index (χ4v) is 3.36. The fourth-order valence-electron chi connectivity index (χ4n) is 3.36. The van der Waals surface area contributed by atoms with Gasteiger partial charge in [0.2, 0.25) is 0 Å². The van der Waals surface area contributed by atoms with Crippen LogP contribution in [-0.2, 0) is 5.54 Å². The predicted octanol–water partition coefficient (Wildman–Crippen LogP) is 3.92. The minimum Gasteiger partial charge on any atom is -0.490 e. The second-order valence-electron chi connectivity index (χ2n) is 6.79. The Morgan fingerprint density at radius 2 is 1.63 bits per heavy atom. The summed E-state index contributed by atoms with van der Waals surface area (Å²) in [6, 6.07) is 17.3. The zero-order valence-corrected chi connectivity index (χ0v) is 15.1. The number of nitrogens with zero attached hydrogens (tertiary/aromatic N) is 2. The number of para-hydroxylation sites is 2. The van der Waals surface area contributed by atoms with Crippen molar-refractivity contribution in [3.05, 3.63) is 60.4 Å². The molecule has 0 bridgehead atoms. The third-order valence-corrected chi connectivity index (χ3v) is 4.84. The Kier molecular flexibility index (Phi) is 5.07. The number of rotatable bonds is 7. The zero-order chi connectivity index (χ0) is 18.5. The lowest BCUT2D eigenvalue weighted by atomic mass is 9.99. The molecule has 27 heavy (non-hydrogen) atoms. The third kappa shape index (κ3) is 3.95. The van der Waals surface area contributed by atoms with Crippen LogP contribution in [0.4, 0.5) is 0 Å². The monoisotopic (exact) mass is 365 g/mol. The number of benzene rings is 2. The Morgan fingerprint density at radius 1 is 0.926 bits per heavy atom. The van der Waals surface area contributed by atoms with E-state index >= 15 is 0 Å². The number of hydrogen-bond acceptors (Lipinski definition) is 6. The van der Waals surface area contributed by atoms with Crippen LogP contribution in [0, 0.1) is 0 Å². The van der Waals surface area contributed by atoms with E-state index in [0.717, 1.165) is 37.0 Å². The van der Waals surface area contributed by atoms with Gasteiger partial charge in [-0.05, 0) is 37.1 Å². The minimum absolute atomic E-state index is 0.410. The van der Waals surface area contributed by atoms with Gasteiger partial charge in [-0.2, -0.15) is 4.98 Å². The van der Waals surface area contributed by atoms with E-state index in [1.54, 1.807) is 0 Å². The maximum atomic E-state index is 6.43. The average molecular weight is 365 g/mol. The molecule has 0 saturated heterocycles. The molecule has 3 aromatic rings. The largest absolute Gasteiger partial charge is 0.490 e. The van der Waals surface area contributed by atoms with Crippen LogP contribution in [-0.4, -0.2) is 23.4 Å². The summed E-state index contributed by atoms with van der Waals surface area (Å²) in [4.78, 5) is 4.56. The molecule has 1 aliphatic rings. The predicted molar refractivity (Wildman–Crippen MR) is 101 cm³/mol. The fraction of sp³-hybridized carbons (Fsp3) is 0.333. The summed E-state index contributed by atoms with van der Waals surface area (Å²) in [7, 11) is 0. The van der Waals surface area contributed by atoms with Crippen molar-refractivity contribution >= 4 is 0 Å². The van der Waals surface area contributed by atoms with Gasteiger partial charge in [-0.3, -0.25) is 0 Å². The Bertz CT molecular complexity index is 873. The second kappa shape index (κ2) is 7.80. The topological polar surface area (TPSA) is 83.4 Å². The highest BCUT2D eigenvalue weighted by molar-refractivity contribution is 5.62. The van der Waals surface area contributed by atoms with E-state index in [2.05, 4.69) is 10.1 Å². The number of hydrogen-bond donors (Lipinski definition) is 1. The van der Waals surface area contributed by atoms with E-state index in [0.29, 0.717) is 30.7 Å². The second-order valence-corrected chi connectivity index (χ2v) is 6.79. The molecular weight excluding hydrogens is 342 g/mol. The van der Waals surface area contributed by atoms with Crippen LogP contribution in [0.15, 0.2) is 59.1 Å². The smallest absolute Gasteiger partial charge is 0.261 e. The number of nitrogens with two attached hydrogens (primary N) is 1. The van der Waals surface area contributed by atoms with Gasteiger partial charge < -0.3 is 19.7 Å². The highest BCUT2D eigenvalue weighted by Gasteiger charge is 2.36. The standard InChI is InChI=1S/C21H23N3O3/c22-21(12-6-7-13-21)20-23-19(27-24-20)17-10-4-5-11-18(17)26-15-14-25-16-8-2-1-3-9-16/h1-5,8-11H,6-7,12-15,22H2. The van der Waals surface area contributed by atoms with Gasteiger partial charge in [-0.1, -0.05) is 48.3 Å². The molecule has 1 heterocycles. The summed E-state index contributed by atoms with van der Waals surface area (Å²) in [6.07, 6.45) is 3.98. The Labute approximate surface area is 158 Å². The number of aromatic nitrogens is 2. The summed E-state index contributed by atoms with van der Waals surface area (Å²) in [6.45, 7) is 0.854. The molecule has 0 unspecified atom stereocenters.